The van der Waals surface area contributed by atoms with Gasteiger partial charge in [-0.25, -0.2) is 0 Å². The molecular formula is C13H20N2O3S. The number of nitrogens with two attached hydrogens (primary N) is 1. The summed E-state index contributed by atoms with van der Waals surface area (Å²) in [6.07, 6.45) is 1.12. The minimum Gasteiger partial charge on any atom is -0.492 e. The third-order valence-corrected chi connectivity index (χ3v) is 4.69. The Bertz CT molecular complexity index is 496. The third kappa shape index (κ3) is 2.55. The maximum absolute atomic E-state index is 11.9. The summed E-state index contributed by atoms with van der Waals surface area (Å²) in [6.45, 7) is 4.90. The number of carbonyl (C=O) groups excluding carboxylic acids is 1. The fourth-order valence-corrected chi connectivity index (χ4v) is 3.53. The molecule has 6 heteroatoms. The van der Waals surface area contributed by atoms with E-state index in [1.165, 1.54) is 11.3 Å². The molecule has 0 bridgehead atoms. The summed E-state index contributed by atoms with van der Waals surface area (Å²) in [5.41, 5.74) is 5.72. The Balaban J connectivity index is 2.38. The van der Waals surface area contributed by atoms with Crippen LogP contribution in [0.4, 0.5) is 10.7 Å². The molecule has 2 heterocycles. The number of Topliss-reactive ketones (excluding diaryl/α,β-unsaturated/α-hetero) is 1. The van der Waals surface area contributed by atoms with Gasteiger partial charge in [-0.1, -0.05) is 6.92 Å². The van der Waals surface area contributed by atoms with E-state index in [4.69, 9.17) is 10.5 Å². The molecule has 1 fully saturated rings. The molecule has 0 radical (unpaired) electrons. The van der Waals surface area contributed by atoms with Crippen molar-refractivity contribution in [2.75, 3.05) is 30.8 Å². The molecule has 1 aliphatic heterocycles. The lowest BCUT2D eigenvalue weighted by Gasteiger charge is -2.20. The molecule has 3 N–H and O–H groups in total. The van der Waals surface area contributed by atoms with Gasteiger partial charge in [-0.05, 0) is 13.3 Å². The molecule has 1 atom stereocenters. The Hall–Kier alpha value is -1.27. The predicted octanol–water partition coefficient (Wildman–Crippen LogP) is 1.89. The van der Waals surface area contributed by atoms with Gasteiger partial charge in [-0.3, -0.25) is 4.79 Å². The van der Waals surface area contributed by atoms with Gasteiger partial charge in [0.1, 0.15) is 5.00 Å². The lowest BCUT2D eigenvalue weighted by atomic mass is 10.1. The smallest absolute Gasteiger partial charge is 0.177 e. The van der Waals surface area contributed by atoms with Crippen molar-refractivity contribution in [2.45, 2.75) is 32.3 Å². The minimum absolute atomic E-state index is 0.0259. The average Bonchev–Trinajstić information content (AvgIpc) is 2.88. The quantitative estimate of drug-likeness (QED) is 0.826. The largest absolute Gasteiger partial charge is 0.492 e. The molecule has 0 aliphatic carbocycles. The number of methoxy groups -OCH3 is 1. The van der Waals surface area contributed by atoms with Gasteiger partial charge < -0.3 is 20.5 Å². The zero-order valence-electron chi connectivity index (χ0n) is 11.5. The van der Waals surface area contributed by atoms with Gasteiger partial charge in [0, 0.05) is 19.5 Å². The van der Waals surface area contributed by atoms with Crippen LogP contribution in [0, 0.1) is 0 Å². The Morgan fingerprint density at radius 1 is 1.63 bits per heavy atom. The van der Waals surface area contributed by atoms with Crippen LogP contribution >= 0.6 is 11.3 Å². The summed E-state index contributed by atoms with van der Waals surface area (Å²) < 4.78 is 5.34. The molecule has 1 aromatic rings. The van der Waals surface area contributed by atoms with Crippen molar-refractivity contribution in [3.05, 3.63) is 4.88 Å². The van der Waals surface area contributed by atoms with E-state index in [2.05, 4.69) is 0 Å². The van der Waals surface area contributed by atoms with Gasteiger partial charge in [0.25, 0.3) is 0 Å². The molecule has 2 rings (SSSR count). The molecule has 106 valence electrons. The van der Waals surface area contributed by atoms with E-state index < -0.39 is 5.60 Å². The fourth-order valence-electron chi connectivity index (χ4n) is 2.31. The van der Waals surface area contributed by atoms with Crippen LogP contribution in [0.25, 0.3) is 0 Å². The molecule has 19 heavy (non-hydrogen) atoms. The lowest BCUT2D eigenvalue weighted by Crippen LogP contribution is -2.29. The molecule has 5 nitrogen and oxygen atoms in total. The molecule has 0 aromatic carbocycles. The van der Waals surface area contributed by atoms with Crippen LogP contribution in [0.15, 0.2) is 0 Å². The third-order valence-electron chi connectivity index (χ3n) is 3.40. The summed E-state index contributed by atoms with van der Waals surface area (Å²) in [6, 6.07) is 0. The van der Waals surface area contributed by atoms with Crippen molar-refractivity contribution in [3.8, 4) is 5.75 Å². The maximum Gasteiger partial charge on any atom is 0.177 e. The number of hydrogen-bond acceptors (Lipinski definition) is 6. The van der Waals surface area contributed by atoms with Crippen LogP contribution in [0.5, 0.6) is 5.75 Å². The highest BCUT2D eigenvalue weighted by atomic mass is 32.1. The van der Waals surface area contributed by atoms with Crippen LogP contribution in [-0.4, -0.2) is 36.7 Å². The zero-order chi connectivity index (χ0) is 14.2. The summed E-state index contributed by atoms with van der Waals surface area (Å²) in [5, 5.41) is 10.9. The Morgan fingerprint density at radius 3 is 2.79 bits per heavy atom. The summed E-state index contributed by atoms with van der Waals surface area (Å²) in [7, 11) is 1.55. The number of carbonyl (C=O) groups is 1. The SMILES string of the molecule is CCC(=O)c1sc(N2CCC(C)(O)C2)c(OC)c1N. The molecular weight excluding hydrogens is 264 g/mol. The number of hydrogen-bond donors (Lipinski definition) is 2. The number of ether oxygens (including phenoxy) is 1. The molecule has 1 aliphatic rings. The number of nitrogens with zero attached hydrogens (tertiary/aromatic N) is 1. The highest BCUT2D eigenvalue weighted by Crippen LogP contribution is 2.46. The zero-order valence-corrected chi connectivity index (χ0v) is 12.3. The highest BCUT2D eigenvalue weighted by Gasteiger charge is 2.35. The Kier molecular flexibility index (Phi) is 3.73. The van der Waals surface area contributed by atoms with Crippen LogP contribution in [0.2, 0.25) is 0 Å². The van der Waals surface area contributed by atoms with Crippen LogP contribution < -0.4 is 15.4 Å². The van der Waals surface area contributed by atoms with E-state index in [1.54, 1.807) is 7.11 Å². The number of thiophene rings is 1. The van der Waals surface area contributed by atoms with E-state index in [0.29, 0.717) is 35.7 Å². The van der Waals surface area contributed by atoms with E-state index in [0.717, 1.165) is 11.5 Å². The van der Waals surface area contributed by atoms with Crippen molar-refractivity contribution in [3.63, 3.8) is 0 Å². The van der Waals surface area contributed by atoms with Crippen molar-refractivity contribution in [2.24, 2.45) is 0 Å². The molecule has 0 amide bonds. The standard InChI is InChI=1S/C13H20N2O3S/c1-4-8(16)11-9(14)10(18-3)12(19-11)15-6-5-13(2,17)7-15/h17H,4-7,14H2,1-3H3. The van der Waals surface area contributed by atoms with Gasteiger partial charge in [-0.15, -0.1) is 11.3 Å². The lowest BCUT2D eigenvalue weighted by molar-refractivity contribution is 0.0839. The first kappa shape index (κ1) is 14.1. The van der Waals surface area contributed by atoms with E-state index >= 15 is 0 Å². The molecule has 0 spiro atoms. The summed E-state index contributed by atoms with van der Waals surface area (Å²) in [5.74, 6) is 0.581. The van der Waals surface area contributed by atoms with E-state index in [9.17, 15) is 9.90 Å². The van der Waals surface area contributed by atoms with Crippen LogP contribution in [-0.2, 0) is 0 Å². The van der Waals surface area contributed by atoms with Crippen LogP contribution in [0.3, 0.4) is 0 Å². The number of aliphatic hydroxyl groups is 1. The number of anilines is 2. The van der Waals surface area contributed by atoms with Gasteiger partial charge in [-0.2, -0.15) is 0 Å². The molecule has 1 unspecified atom stereocenters. The van der Waals surface area contributed by atoms with Gasteiger partial charge in [0.2, 0.25) is 0 Å². The monoisotopic (exact) mass is 284 g/mol. The van der Waals surface area contributed by atoms with Gasteiger partial charge >= 0.3 is 0 Å². The number of β-amino-alcohol motifs (C(OH)–C–C–N with tert-alkyl or cyclic N) is 1. The van der Waals surface area contributed by atoms with E-state index in [1.807, 2.05) is 18.7 Å². The normalized spacial score (nSPS) is 22.8. The molecule has 0 saturated carbocycles. The van der Waals surface area contributed by atoms with Crippen molar-refractivity contribution < 1.29 is 14.6 Å². The molecule has 1 aromatic heterocycles. The summed E-state index contributed by atoms with van der Waals surface area (Å²) in [4.78, 5) is 14.5. The minimum atomic E-state index is -0.696. The van der Waals surface area contributed by atoms with E-state index in [-0.39, 0.29) is 5.78 Å². The van der Waals surface area contributed by atoms with Crippen molar-refractivity contribution >= 4 is 27.8 Å². The number of nitrogen functional groups attached to an aromatic ring is 1. The summed E-state index contributed by atoms with van der Waals surface area (Å²) >= 11 is 1.36. The molecule has 1 saturated heterocycles. The topological polar surface area (TPSA) is 75.8 Å². The average molecular weight is 284 g/mol. The predicted molar refractivity (Wildman–Crippen MR) is 77.4 cm³/mol. The van der Waals surface area contributed by atoms with Crippen molar-refractivity contribution in [1.29, 1.82) is 0 Å². The van der Waals surface area contributed by atoms with Gasteiger partial charge in [0.15, 0.2) is 11.5 Å². The highest BCUT2D eigenvalue weighted by molar-refractivity contribution is 7.19. The Morgan fingerprint density at radius 2 is 2.32 bits per heavy atom. The maximum atomic E-state index is 11.9. The second-order valence-electron chi connectivity index (χ2n) is 5.13. The van der Waals surface area contributed by atoms with Crippen LogP contribution in [0.1, 0.15) is 36.4 Å². The van der Waals surface area contributed by atoms with Crippen molar-refractivity contribution in [1.82, 2.24) is 0 Å². The second-order valence-corrected chi connectivity index (χ2v) is 6.13. The first-order valence-electron chi connectivity index (χ1n) is 6.36. The first-order valence-corrected chi connectivity index (χ1v) is 7.18. The Labute approximate surface area is 117 Å². The van der Waals surface area contributed by atoms with Gasteiger partial charge in [0.05, 0.1) is 23.3 Å². The number of ketones is 1. The first-order chi connectivity index (χ1) is 8.89. The number of rotatable bonds is 4. The second kappa shape index (κ2) is 5.02. The fraction of sp³-hybridized carbons (Fsp3) is 0.615.